The molecule has 4 nitrogen and oxygen atoms in total. The largest absolute Gasteiger partial charge is 0.481 e. The number of aliphatic carboxylic acids is 1. The standard InChI is InChI=1S/C11H19NO3S/c1-8(6-11(14)15)12-10(13)7-9-2-4-16-5-3-9/h8-9H,2-7H2,1H3,(H,12,13)(H,14,15). The highest BCUT2D eigenvalue weighted by Crippen LogP contribution is 2.25. The van der Waals surface area contributed by atoms with E-state index in [1.165, 1.54) is 0 Å². The first kappa shape index (κ1) is 13.4. The van der Waals surface area contributed by atoms with Crippen LogP contribution in [-0.4, -0.2) is 34.5 Å². The molecule has 16 heavy (non-hydrogen) atoms. The van der Waals surface area contributed by atoms with Crippen molar-refractivity contribution in [2.75, 3.05) is 11.5 Å². The minimum Gasteiger partial charge on any atom is -0.481 e. The fourth-order valence-electron chi connectivity index (χ4n) is 1.86. The third-order valence-corrected chi connectivity index (χ3v) is 3.75. The topological polar surface area (TPSA) is 66.4 Å². The van der Waals surface area contributed by atoms with Crippen LogP contribution in [0.25, 0.3) is 0 Å². The zero-order valence-electron chi connectivity index (χ0n) is 9.57. The van der Waals surface area contributed by atoms with E-state index in [1.54, 1.807) is 6.92 Å². The Kier molecular flexibility index (Phi) is 5.66. The molecule has 0 bridgehead atoms. The third kappa shape index (κ3) is 5.39. The fourth-order valence-corrected chi connectivity index (χ4v) is 3.06. The van der Waals surface area contributed by atoms with E-state index in [2.05, 4.69) is 5.32 Å². The molecular weight excluding hydrogens is 226 g/mol. The summed E-state index contributed by atoms with van der Waals surface area (Å²) >= 11 is 1.94. The van der Waals surface area contributed by atoms with Gasteiger partial charge in [-0.15, -0.1) is 0 Å². The summed E-state index contributed by atoms with van der Waals surface area (Å²) < 4.78 is 0. The van der Waals surface area contributed by atoms with Gasteiger partial charge in [-0.05, 0) is 37.2 Å². The number of amides is 1. The number of hydrogen-bond acceptors (Lipinski definition) is 3. The summed E-state index contributed by atoms with van der Waals surface area (Å²) in [5, 5.41) is 11.3. The Morgan fingerprint density at radius 1 is 1.44 bits per heavy atom. The van der Waals surface area contributed by atoms with Gasteiger partial charge in [0, 0.05) is 12.5 Å². The number of nitrogens with one attached hydrogen (secondary N) is 1. The highest BCUT2D eigenvalue weighted by molar-refractivity contribution is 7.99. The third-order valence-electron chi connectivity index (χ3n) is 2.70. The van der Waals surface area contributed by atoms with Crippen molar-refractivity contribution in [1.29, 1.82) is 0 Å². The monoisotopic (exact) mass is 245 g/mol. The van der Waals surface area contributed by atoms with Crippen molar-refractivity contribution in [3.63, 3.8) is 0 Å². The van der Waals surface area contributed by atoms with Gasteiger partial charge in [0.1, 0.15) is 0 Å². The van der Waals surface area contributed by atoms with Gasteiger partial charge in [0.05, 0.1) is 6.42 Å². The maximum absolute atomic E-state index is 11.6. The molecule has 2 N–H and O–H groups in total. The molecule has 0 aromatic heterocycles. The number of carbonyl (C=O) groups is 2. The van der Waals surface area contributed by atoms with Gasteiger partial charge in [-0.25, -0.2) is 0 Å². The van der Waals surface area contributed by atoms with Crippen LogP contribution >= 0.6 is 11.8 Å². The lowest BCUT2D eigenvalue weighted by atomic mass is 9.98. The zero-order chi connectivity index (χ0) is 12.0. The molecule has 0 radical (unpaired) electrons. The predicted octanol–water partition coefficient (Wildman–Crippen LogP) is 1.50. The normalized spacial score (nSPS) is 19.1. The number of thioether (sulfide) groups is 1. The first-order chi connectivity index (χ1) is 7.58. The van der Waals surface area contributed by atoms with E-state index in [1.807, 2.05) is 11.8 Å². The average Bonchev–Trinajstić information content (AvgIpc) is 2.17. The maximum atomic E-state index is 11.6. The number of carboxylic acids is 1. The molecule has 5 heteroatoms. The van der Waals surface area contributed by atoms with Crippen molar-refractivity contribution >= 4 is 23.6 Å². The van der Waals surface area contributed by atoms with Crippen LogP contribution in [0.2, 0.25) is 0 Å². The average molecular weight is 245 g/mol. The van der Waals surface area contributed by atoms with Crippen molar-refractivity contribution in [2.24, 2.45) is 5.92 Å². The molecule has 0 aromatic rings. The number of carbonyl (C=O) groups excluding carboxylic acids is 1. The molecular formula is C11H19NO3S. The highest BCUT2D eigenvalue weighted by atomic mass is 32.2. The quantitative estimate of drug-likeness (QED) is 0.770. The van der Waals surface area contributed by atoms with Gasteiger partial charge in [0.15, 0.2) is 0 Å². The molecule has 1 heterocycles. The molecule has 1 rings (SSSR count). The summed E-state index contributed by atoms with van der Waals surface area (Å²) in [7, 11) is 0. The number of carboxylic acid groups (broad SMARTS) is 1. The van der Waals surface area contributed by atoms with Gasteiger partial charge < -0.3 is 10.4 Å². The molecule has 92 valence electrons. The van der Waals surface area contributed by atoms with Gasteiger partial charge in [-0.2, -0.15) is 11.8 Å². The second kappa shape index (κ2) is 6.78. The predicted molar refractivity (Wildman–Crippen MR) is 64.5 cm³/mol. The Hall–Kier alpha value is -0.710. The second-order valence-electron chi connectivity index (χ2n) is 4.33. The van der Waals surface area contributed by atoms with Gasteiger partial charge >= 0.3 is 5.97 Å². The molecule has 1 fully saturated rings. The van der Waals surface area contributed by atoms with Crippen LogP contribution in [0.4, 0.5) is 0 Å². The lowest BCUT2D eigenvalue weighted by Gasteiger charge is -2.21. The van der Waals surface area contributed by atoms with E-state index >= 15 is 0 Å². The van der Waals surface area contributed by atoms with E-state index in [-0.39, 0.29) is 18.4 Å². The van der Waals surface area contributed by atoms with E-state index in [0.29, 0.717) is 12.3 Å². The van der Waals surface area contributed by atoms with Crippen molar-refractivity contribution < 1.29 is 14.7 Å². The molecule has 1 amide bonds. The highest BCUT2D eigenvalue weighted by Gasteiger charge is 2.18. The summed E-state index contributed by atoms with van der Waals surface area (Å²) in [5.41, 5.74) is 0. The summed E-state index contributed by atoms with van der Waals surface area (Å²) in [6.07, 6.45) is 2.74. The van der Waals surface area contributed by atoms with Crippen molar-refractivity contribution in [2.45, 2.75) is 38.6 Å². The smallest absolute Gasteiger partial charge is 0.305 e. The number of rotatable bonds is 5. The van der Waals surface area contributed by atoms with Crippen molar-refractivity contribution in [3.05, 3.63) is 0 Å². The van der Waals surface area contributed by atoms with Gasteiger partial charge in [-0.3, -0.25) is 9.59 Å². The Labute approximate surface area is 100 Å². The number of hydrogen-bond donors (Lipinski definition) is 2. The van der Waals surface area contributed by atoms with Crippen LogP contribution in [-0.2, 0) is 9.59 Å². The second-order valence-corrected chi connectivity index (χ2v) is 5.55. The molecule has 0 aliphatic carbocycles. The SMILES string of the molecule is CC(CC(=O)O)NC(=O)CC1CCSCC1. The summed E-state index contributed by atoms with van der Waals surface area (Å²) in [6.45, 7) is 1.72. The molecule has 0 spiro atoms. The Morgan fingerprint density at radius 3 is 2.62 bits per heavy atom. The molecule has 0 saturated carbocycles. The van der Waals surface area contributed by atoms with E-state index in [9.17, 15) is 9.59 Å². The van der Waals surface area contributed by atoms with Crippen molar-refractivity contribution in [3.8, 4) is 0 Å². The van der Waals surface area contributed by atoms with E-state index < -0.39 is 5.97 Å². The van der Waals surface area contributed by atoms with Crippen LogP contribution in [0.15, 0.2) is 0 Å². The van der Waals surface area contributed by atoms with E-state index in [0.717, 1.165) is 24.3 Å². The summed E-state index contributed by atoms with van der Waals surface area (Å²) in [5.74, 6) is 1.89. The Morgan fingerprint density at radius 2 is 2.06 bits per heavy atom. The summed E-state index contributed by atoms with van der Waals surface area (Å²) in [6, 6.07) is -0.275. The van der Waals surface area contributed by atoms with Crippen LogP contribution < -0.4 is 5.32 Å². The minimum absolute atomic E-state index is 0.00768. The first-order valence-corrected chi connectivity index (χ1v) is 6.82. The van der Waals surface area contributed by atoms with Gasteiger partial charge in [0.25, 0.3) is 0 Å². The molecule has 1 atom stereocenters. The van der Waals surface area contributed by atoms with Crippen LogP contribution in [0.3, 0.4) is 0 Å². The summed E-state index contributed by atoms with van der Waals surface area (Å²) in [4.78, 5) is 22.0. The van der Waals surface area contributed by atoms with Crippen LogP contribution in [0.1, 0.15) is 32.6 Å². The maximum Gasteiger partial charge on any atom is 0.305 e. The van der Waals surface area contributed by atoms with E-state index in [4.69, 9.17) is 5.11 Å². The van der Waals surface area contributed by atoms with Crippen LogP contribution in [0.5, 0.6) is 0 Å². The minimum atomic E-state index is -0.873. The molecule has 1 aliphatic heterocycles. The first-order valence-electron chi connectivity index (χ1n) is 5.67. The lowest BCUT2D eigenvalue weighted by molar-refractivity contribution is -0.137. The van der Waals surface area contributed by atoms with Crippen LogP contribution in [0, 0.1) is 5.92 Å². The lowest BCUT2D eigenvalue weighted by Crippen LogP contribution is -2.35. The molecule has 1 unspecified atom stereocenters. The molecule has 1 aliphatic rings. The fraction of sp³-hybridized carbons (Fsp3) is 0.818. The van der Waals surface area contributed by atoms with Gasteiger partial charge in [-0.1, -0.05) is 0 Å². The Balaban J connectivity index is 2.21. The Bertz CT molecular complexity index is 252. The van der Waals surface area contributed by atoms with Crippen molar-refractivity contribution in [1.82, 2.24) is 5.32 Å². The van der Waals surface area contributed by atoms with Gasteiger partial charge in [0.2, 0.25) is 5.91 Å². The zero-order valence-corrected chi connectivity index (χ0v) is 10.4. The molecule has 0 aromatic carbocycles. The molecule has 1 saturated heterocycles.